The molecule has 1 N–H and O–H groups in total. The van der Waals surface area contributed by atoms with Crippen LogP contribution in [0.2, 0.25) is 0 Å². The van der Waals surface area contributed by atoms with Gasteiger partial charge >= 0.3 is 0 Å². The fraction of sp³-hybridized carbons (Fsp3) is 0. The van der Waals surface area contributed by atoms with E-state index in [1.54, 1.807) is 29.2 Å². The van der Waals surface area contributed by atoms with E-state index in [9.17, 15) is 9.59 Å². The van der Waals surface area contributed by atoms with Gasteiger partial charge in [-0.15, -0.1) is 11.3 Å². The number of halogens is 1. The predicted octanol–water partition coefficient (Wildman–Crippen LogP) is 3.80. The van der Waals surface area contributed by atoms with Gasteiger partial charge in [0.05, 0.1) is 15.5 Å². The maximum Gasteiger partial charge on any atom is 0.296 e. The molecular formula is C12H6BrNO2S2. The van der Waals surface area contributed by atoms with Crippen LogP contribution in [0.4, 0.5) is 5.69 Å². The molecule has 1 amide bonds. The van der Waals surface area contributed by atoms with E-state index in [1.807, 2.05) is 23.6 Å². The van der Waals surface area contributed by atoms with Crippen molar-refractivity contribution in [3.05, 3.63) is 39.7 Å². The number of hydrogen-bond donors (Lipinski definition) is 1. The van der Waals surface area contributed by atoms with Gasteiger partial charge in [0.1, 0.15) is 0 Å². The number of benzene rings is 1. The summed E-state index contributed by atoms with van der Waals surface area (Å²) in [5, 5.41) is 4.58. The summed E-state index contributed by atoms with van der Waals surface area (Å²) in [5.41, 5.74) is 1.02. The molecule has 2 heterocycles. The first-order chi connectivity index (χ1) is 8.65. The average Bonchev–Trinajstić information content (AvgIpc) is 2.92. The second-order valence-corrected chi connectivity index (χ2v) is 6.79. The maximum absolute atomic E-state index is 11.5. The summed E-state index contributed by atoms with van der Waals surface area (Å²) in [4.78, 5) is 23.8. The van der Waals surface area contributed by atoms with Gasteiger partial charge in [-0.05, 0) is 39.5 Å². The average molecular weight is 340 g/mol. The highest BCUT2D eigenvalue weighted by atomic mass is 79.9. The van der Waals surface area contributed by atoms with Crippen LogP contribution in [-0.2, 0) is 4.79 Å². The van der Waals surface area contributed by atoms with E-state index in [0.29, 0.717) is 11.3 Å². The quantitative estimate of drug-likeness (QED) is 0.846. The Kier molecular flexibility index (Phi) is 3.01. The number of thiophene rings is 1. The van der Waals surface area contributed by atoms with E-state index in [0.717, 1.165) is 13.6 Å². The second kappa shape index (κ2) is 4.53. The molecule has 0 spiro atoms. The molecule has 0 aliphatic carbocycles. The summed E-state index contributed by atoms with van der Waals surface area (Å²) >= 11 is 6.68. The zero-order chi connectivity index (χ0) is 12.7. The highest BCUT2D eigenvalue weighted by Crippen LogP contribution is 2.40. The van der Waals surface area contributed by atoms with Crippen molar-refractivity contribution in [1.29, 1.82) is 0 Å². The standard InChI is InChI=1S/C12H6BrNO2S2/c13-7-4-6-8(14-12(16)11(6)15)5-9(7)18-10-2-1-3-17-10/h1-5H,(H,14,15,16). The Morgan fingerprint density at radius 2 is 2.11 bits per heavy atom. The number of rotatable bonds is 2. The van der Waals surface area contributed by atoms with Crippen molar-refractivity contribution in [3.63, 3.8) is 0 Å². The number of anilines is 1. The van der Waals surface area contributed by atoms with Crippen molar-refractivity contribution in [3.8, 4) is 0 Å². The Bertz CT molecular complexity index is 652. The number of carbonyl (C=O) groups is 2. The van der Waals surface area contributed by atoms with E-state index < -0.39 is 11.7 Å². The highest BCUT2D eigenvalue weighted by Gasteiger charge is 2.29. The fourth-order valence-electron chi connectivity index (χ4n) is 1.65. The van der Waals surface area contributed by atoms with Crippen molar-refractivity contribution >= 4 is 56.4 Å². The Morgan fingerprint density at radius 3 is 2.83 bits per heavy atom. The molecule has 3 rings (SSSR count). The lowest BCUT2D eigenvalue weighted by atomic mass is 10.1. The molecule has 0 bridgehead atoms. The number of hydrogen-bond acceptors (Lipinski definition) is 4. The van der Waals surface area contributed by atoms with E-state index in [4.69, 9.17) is 0 Å². The molecule has 1 aliphatic rings. The largest absolute Gasteiger partial charge is 0.318 e. The fourth-order valence-corrected chi connectivity index (χ4v) is 4.01. The summed E-state index contributed by atoms with van der Waals surface area (Å²) in [7, 11) is 0. The molecule has 18 heavy (non-hydrogen) atoms. The first kappa shape index (κ1) is 12.0. The monoisotopic (exact) mass is 339 g/mol. The third-order valence-corrected chi connectivity index (χ3v) is 5.49. The van der Waals surface area contributed by atoms with Crippen LogP contribution in [0.1, 0.15) is 10.4 Å². The van der Waals surface area contributed by atoms with Crippen LogP contribution in [0.15, 0.2) is 43.2 Å². The molecule has 0 saturated heterocycles. The molecule has 0 atom stereocenters. The lowest BCUT2D eigenvalue weighted by Gasteiger charge is -2.05. The SMILES string of the molecule is O=C1Nc2cc(Sc3cccs3)c(Br)cc2C1=O. The van der Waals surface area contributed by atoms with Gasteiger partial charge in [-0.1, -0.05) is 17.8 Å². The Balaban J connectivity index is 2.01. The molecule has 1 aromatic carbocycles. The third-order valence-electron chi connectivity index (χ3n) is 2.48. The van der Waals surface area contributed by atoms with Gasteiger partial charge in [0.25, 0.3) is 11.7 Å². The zero-order valence-corrected chi connectivity index (χ0v) is 12.1. The van der Waals surface area contributed by atoms with Gasteiger partial charge in [-0.2, -0.15) is 0 Å². The van der Waals surface area contributed by atoms with Crippen molar-refractivity contribution < 1.29 is 9.59 Å². The van der Waals surface area contributed by atoms with Gasteiger partial charge in [-0.3, -0.25) is 9.59 Å². The second-order valence-electron chi connectivity index (χ2n) is 3.65. The predicted molar refractivity (Wildman–Crippen MR) is 75.5 cm³/mol. The third kappa shape index (κ3) is 2.00. The molecule has 0 unspecified atom stereocenters. The van der Waals surface area contributed by atoms with Crippen molar-refractivity contribution in [2.45, 2.75) is 9.10 Å². The minimum absolute atomic E-state index is 0.433. The van der Waals surface area contributed by atoms with Gasteiger partial charge in [0.2, 0.25) is 0 Å². The van der Waals surface area contributed by atoms with Crippen LogP contribution < -0.4 is 5.32 Å². The van der Waals surface area contributed by atoms with Gasteiger partial charge in [-0.25, -0.2) is 0 Å². The number of nitrogens with one attached hydrogen (secondary N) is 1. The smallest absolute Gasteiger partial charge is 0.296 e. The lowest BCUT2D eigenvalue weighted by Crippen LogP contribution is -2.12. The molecule has 0 saturated carbocycles. The van der Waals surface area contributed by atoms with E-state index in [1.165, 1.54) is 0 Å². The Morgan fingerprint density at radius 1 is 1.28 bits per heavy atom. The maximum atomic E-state index is 11.5. The summed E-state index contributed by atoms with van der Waals surface area (Å²) in [6.45, 7) is 0. The first-order valence-electron chi connectivity index (χ1n) is 5.06. The first-order valence-corrected chi connectivity index (χ1v) is 7.54. The number of ketones is 1. The molecular weight excluding hydrogens is 334 g/mol. The molecule has 90 valence electrons. The number of carbonyl (C=O) groups excluding carboxylic acids is 2. The van der Waals surface area contributed by atoms with Crippen molar-refractivity contribution in [2.24, 2.45) is 0 Å². The Labute approximate surface area is 120 Å². The van der Waals surface area contributed by atoms with Crippen LogP contribution in [0.3, 0.4) is 0 Å². The van der Waals surface area contributed by atoms with Crippen LogP contribution in [0.25, 0.3) is 0 Å². The van der Waals surface area contributed by atoms with Gasteiger partial charge < -0.3 is 5.32 Å². The minimum Gasteiger partial charge on any atom is -0.318 e. The van der Waals surface area contributed by atoms with Crippen molar-refractivity contribution in [1.82, 2.24) is 0 Å². The number of fused-ring (bicyclic) bond motifs is 1. The molecule has 0 fully saturated rings. The summed E-state index contributed by atoms with van der Waals surface area (Å²) in [5.74, 6) is -1.03. The molecule has 6 heteroatoms. The Hall–Kier alpha value is -1.11. The van der Waals surface area contributed by atoms with Crippen molar-refractivity contribution in [2.75, 3.05) is 5.32 Å². The summed E-state index contributed by atoms with van der Waals surface area (Å²) in [6, 6.07) is 7.54. The van der Waals surface area contributed by atoms with E-state index >= 15 is 0 Å². The van der Waals surface area contributed by atoms with Gasteiger partial charge in [0.15, 0.2) is 0 Å². The lowest BCUT2D eigenvalue weighted by molar-refractivity contribution is -0.112. The molecule has 2 aromatic rings. The summed E-state index contributed by atoms with van der Waals surface area (Å²) in [6.07, 6.45) is 0. The molecule has 0 radical (unpaired) electrons. The van der Waals surface area contributed by atoms with Gasteiger partial charge in [0, 0.05) is 9.37 Å². The van der Waals surface area contributed by atoms with Crippen LogP contribution >= 0.6 is 39.0 Å². The van der Waals surface area contributed by atoms with Crippen LogP contribution in [0.5, 0.6) is 0 Å². The van der Waals surface area contributed by atoms with E-state index in [2.05, 4.69) is 21.2 Å². The number of amides is 1. The minimum atomic E-state index is -0.560. The highest BCUT2D eigenvalue weighted by molar-refractivity contribution is 9.10. The molecule has 1 aliphatic heterocycles. The normalized spacial score (nSPS) is 13.6. The summed E-state index contributed by atoms with van der Waals surface area (Å²) < 4.78 is 1.98. The number of Topliss-reactive ketones (excluding diaryl/α,β-unsaturated/α-hetero) is 1. The van der Waals surface area contributed by atoms with Crippen LogP contribution in [0, 0.1) is 0 Å². The molecule has 1 aromatic heterocycles. The van der Waals surface area contributed by atoms with E-state index in [-0.39, 0.29) is 0 Å². The topological polar surface area (TPSA) is 46.2 Å². The van der Waals surface area contributed by atoms with Crippen LogP contribution in [-0.4, -0.2) is 11.7 Å². The molecule has 3 nitrogen and oxygen atoms in total. The zero-order valence-electron chi connectivity index (χ0n) is 8.90.